The number of hydrogen-bond donors (Lipinski definition) is 3. The van der Waals surface area contributed by atoms with Crippen LogP contribution in [-0.4, -0.2) is 32.0 Å². The molecular weight excluding hydrogens is 330 g/mol. The van der Waals surface area contributed by atoms with Gasteiger partial charge in [0, 0.05) is 16.8 Å². The minimum Gasteiger partial charge on any atom is -0.490 e. The highest BCUT2D eigenvalue weighted by molar-refractivity contribution is 5.95. The van der Waals surface area contributed by atoms with Gasteiger partial charge in [-0.05, 0) is 48.5 Å². The molecule has 0 fully saturated rings. The van der Waals surface area contributed by atoms with E-state index >= 15 is 0 Å². The normalized spacial score (nSPS) is 11.4. The summed E-state index contributed by atoms with van der Waals surface area (Å²) in [5.41, 5.74) is 7.36. The second-order valence-corrected chi connectivity index (χ2v) is 6.04. The lowest BCUT2D eigenvalue weighted by Crippen LogP contribution is -3.08. The number of quaternary nitrogens is 1. The van der Waals surface area contributed by atoms with Crippen LogP contribution in [0.1, 0.15) is 15.9 Å². The number of ether oxygens (including phenoxy) is 1. The Bertz CT molecular complexity index is 755. The molecule has 2 rings (SSSR count). The van der Waals surface area contributed by atoms with Gasteiger partial charge in [-0.25, -0.2) is 0 Å². The van der Waals surface area contributed by atoms with Gasteiger partial charge in [0.2, 0.25) is 5.91 Å². The van der Waals surface area contributed by atoms with Gasteiger partial charge in [-0.15, -0.1) is 0 Å². The summed E-state index contributed by atoms with van der Waals surface area (Å²) in [6.07, 6.45) is 1.70. The van der Waals surface area contributed by atoms with Crippen molar-refractivity contribution in [1.29, 1.82) is 0 Å². The minimum atomic E-state index is -0.493. The number of amides is 2. The van der Waals surface area contributed by atoms with E-state index in [-0.39, 0.29) is 5.91 Å². The standard InChI is InChI=1S/C20H23N3O3/c1-3-12-26-18-10-4-15(5-11-18)13-23(2)14-19(24)22-17-8-6-16(7-9-17)20(21)25/h3-11H,1,12-14H2,2H3,(H2,21,25)(H,22,24)/p+1. The van der Waals surface area contributed by atoms with Gasteiger partial charge in [-0.1, -0.05) is 12.7 Å². The second-order valence-electron chi connectivity index (χ2n) is 6.04. The van der Waals surface area contributed by atoms with Crippen molar-refractivity contribution in [2.45, 2.75) is 6.54 Å². The smallest absolute Gasteiger partial charge is 0.279 e. The Labute approximate surface area is 153 Å². The summed E-state index contributed by atoms with van der Waals surface area (Å²) < 4.78 is 5.45. The number of benzene rings is 2. The number of carbonyl (C=O) groups is 2. The number of primary amides is 1. The SMILES string of the molecule is C=CCOc1ccc(C[NH+](C)CC(=O)Nc2ccc(C(N)=O)cc2)cc1. The van der Waals surface area contributed by atoms with Gasteiger partial charge in [-0.3, -0.25) is 9.59 Å². The fraction of sp³-hybridized carbons (Fsp3) is 0.200. The maximum atomic E-state index is 12.2. The van der Waals surface area contributed by atoms with Crippen LogP contribution in [0.2, 0.25) is 0 Å². The van der Waals surface area contributed by atoms with Crippen molar-refractivity contribution in [2.24, 2.45) is 5.73 Å². The molecule has 6 nitrogen and oxygen atoms in total. The molecule has 0 heterocycles. The molecule has 0 aliphatic rings. The molecule has 0 radical (unpaired) electrons. The quantitative estimate of drug-likeness (QED) is 0.587. The molecule has 2 amide bonds. The summed E-state index contributed by atoms with van der Waals surface area (Å²) in [5, 5.41) is 2.82. The molecule has 0 saturated carbocycles. The topological polar surface area (TPSA) is 85.9 Å². The van der Waals surface area contributed by atoms with Crippen LogP contribution in [0.15, 0.2) is 61.2 Å². The number of likely N-dealkylation sites (N-methyl/N-ethyl adjacent to an activating group) is 1. The third-order valence-corrected chi connectivity index (χ3v) is 3.71. The summed E-state index contributed by atoms with van der Waals surface area (Å²) in [6.45, 7) is 5.14. The van der Waals surface area contributed by atoms with Crippen molar-refractivity contribution < 1.29 is 19.2 Å². The zero-order valence-electron chi connectivity index (χ0n) is 14.8. The summed E-state index contributed by atoms with van der Waals surface area (Å²) in [4.78, 5) is 24.2. The Morgan fingerprint density at radius 1 is 1.15 bits per heavy atom. The van der Waals surface area contributed by atoms with Crippen LogP contribution >= 0.6 is 0 Å². The van der Waals surface area contributed by atoms with Crippen molar-refractivity contribution in [2.75, 3.05) is 25.5 Å². The third-order valence-electron chi connectivity index (χ3n) is 3.71. The first-order valence-electron chi connectivity index (χ1n) is 8.31. The van der Waals surface area contributed by atoms with Crippen LogP contribution < -0.4 is 20.7 Å². The number of nitrogens with one attached hydrogen (secondary N) is 2. The lowest BCUT2D eigenvalue weighted by Gasteiger charge is -2.14. The van der Waals surface area contributed by atoms with E-state index < -0.39 is 5.91 Å². The molecule has 26 heavy (non-hydrogen) atoms. The van der Waals surface area contributed by atoms with Crippen LogP contribution in [0.4, 0.5) is 5.69 Å². The molecule has 136 valence electrons. The van der Waals surface area contributed by atoms with E-state index in [1.54, 1.807) is 30.3 Å². The zero-order chi connectivity index (χ0) is 18.9. The van der Waals surface area contributed by atoms with Crippen molar-refractivity contribution >= 4 is 17.5 Å². The maximum absolute atomic E-state index is 12.2. The molecule has 0 aliphatic heterocycles. The summed E-state index contributed by atoms with van der Waals surface area (Å²) in [5.74, 6) is 0.205. The average molecular weight is 354 g/mol. The molecular formula is C20H24N3O3+. The van der Waals surface area contributed by atoms with E-state index in [0.29, 0.717) is 24.4 Å². The van der Waals surface area contributed by atoms with Gasteiger partial charge in [0.25, 0.3) is 5.91 Å². The van der Waals surface area contributed by atoms with Gasteiger partial charge in [0.15, 0.2) is 6.54 Å². The fourth-order valence-corrected chi connectivity index (χ4v) is 2.47. The van der Waals surface area contributed by atoms with Gasteiger partial charge in [-0.2, -0.15) is 0 Å². The molecule has 0 aliphatic carbocycles. The van der Waals surface area contributed by atoms with Crippen LogP contribution in [0, 0.1) is 0 Å². The van der Waals surface area contributed by atoms with Crippen molar-refractivity contribution in [3.05, 3.63) is 72.3 Å². The van der Waals surface area contributed by atoms with Crippen LogP contribution in [0.3, 0.4) is 0 Å². The van der Waals surface area contributed by atoms with Gasteiger partial charge in [0.1, 0.15) is 18.9 Å². The average Bonchev–Trinajstić information content (AvgIpc) is 2.61. The molecule has 2 aromatic carbocycles. The first kappa shape index (κ1) is 19.2. The van der Waals surface area contributed by atoms with E-state index in [9.17, 15) is 9.59 Å². The van der Waals surface area contributed by atoms with E-state index in [1.165, 1.54) is 0 Å². The van der Waals surface area contributed by atoms with E-state index in [4.69, 9.17) is 10.5 Å². The molecule has 1 unspecified atom stereocenters. The molecule has 0 aromatic heterocycles. The minimum absolute atomic E-state index is 0.0970. The molecule has 6 heteroatoms. The van der Waals surface area contributed by atoms with E-state index in [0.717, 1.165) is 22.8 Å². The van der Waals surface area contributed by atoms with Crippen LogP contribution in [-0.2, 0) is 11.3 Å². The molecule has 0 bridgehead atoms. The number of carbonyl (C=O) groups excluding carboxylic acids is 2. The summed E-state index contributed by atoms with van der Waals surface area (Å²) in [6, 6.07) is 14.3. The second kappa shape index (κ2) is 9.39. The van der Waals surface area contributed by atoms with Crippen molar-refractivity contribution in [3.63, 3.8) is 0 Å². The van der Waals surface area contributed by atoms with Crippen molar-refractivity contribution in [1.82, 2.24) is 0 Å². The first-order valence-corrected chi connectivity index (χ1v) is 8.31. The fourth-order valence-electron chi connectivity index (χ4n) is 2.47. The van der Waals surface area contributed by atoms with E-state index in [1.807, 2.05) is 31.3 Å². The summed E-state index contributed by atoms with van der Waals surface area (Å²) in [7, 11) is 1.96. The Balaban J connectivity index is 1.82. The Morgan fingerprint density at radius 3 is 2.38 bits per heavy atom. The maximum Gasteiger partial charge on any atom is 0.279 e. The predicted octanol–water partition coefficient (Wildman–Crippen LogP) is 1.00. The molecule has 0 spiro atoms. The van der Waals surface area contributed by atoms with Crippen molar-refractivity contribution in [3.8, 4) is 5.75 Å². The zero-order valence-corrected chi connectivity index (χ0v) is 14.8. The lowest BCUT2D eigenvalue weighted by molar-refractivity contribution is -0.885. The number of hydrogen-bond acceptors (Lipinski definition) is 3. The van der Waals surface area contributed by atoms with Gasteiger partial charge < -0.3 is 20.7 Å². The van der Waals surface area contributed by atoms with Crippen LogP contribution in [0.25, 0.3) is 0 Å². The highest BCUT2D eigenvalue weighted by atomic mass is 16.5. The first-order chi connectivity index (χ1) is 12.5. The predicted molar refractivity (Wildman–Crippen MR) is 101 cm³/mol. The van der Waals surface area contributed by atoms with Gasteiger partial charge >= 0.3 is 0 Å². The highest BCUT2D eigenvalue weighted by Crippen LogP contribution is 2.11. The van der Waals surface area contributed by atoms with Gasteiger partial charge in [0.05, 0.1) is 7.05 Å². The Morgan fingerprint density at radius 2 is 1.81 bits per heavy atom. The number of anilines is 1. The highest BCUT2D eigenvalue weighted by Gasteiger charge is 2.11. The lowest BCUT2D eigenvalue weighted by atomic mass is 10.2. The number of nitrogens with two attached hydrogens (primary N) is 1. The van der Waals surface area contributed by atoms with E-state index in [2.05, 4.69) is 11.9 Å². The Kier molecular flexibility index (Phi) is 6.93. The largest absolute Gasteiger partial charge is 0.490 e. The summed E-state index contributed by atoms with van der Waals surface area (Å²) >= 11 is 0. The number of rotatable bonds is 9. The Hall–Kier alpha value is -3.12. The molecule has 2 aromatic rings. The van der Waals surface area contributed by atoms with Crippen LogP contribution in [0.5, 0.6) is 5.75 Å². The molecule has 1 atom stereocenters. The molecule has 0 saturated heterocycles. The molecule has 4 N–H and O–H groups in total. The third kappa shape index (κ3) is 6.07. The monoisotopic (exact) mass is 354 g/mol.